The zero-order valence-corrected chi connectivity index (χ0v) is 11.3. The molecule has 0 aromatic heterocycles. The Labute approximate surface area is 126 Å². The second-order valence-electron chi connectivity index (χ2n) is 4.69. The van der Waals surface area contributed by atoms with E-state index in [1.165, 1.54) is 6.07 Å². The highest BCUT2D eigenvalue weighted by Gasteiger charge is 2.17. The van der Waals surface area contributed by atoms with Gasteiger partial charge in [0.05, 0.1) is 34.4 Å². The molecule has 98 valence electrons. The zero-order valence-electron chi connectivity index (χ0n) is 11.3. The number of hydrogen-bond acceptors (Lipinski definition) is 4. The number of fused-ring (bicyclic) bond motifs is 2. The lowest BCUT2D eigenvalue weighted by Gasteiger charge is -2.10. The van der Waals surface area contributed by atoms with E-state index in [0.717, 1.165) is 0 Å². The van der Waals surface area contributed by atoms with Gasteiger partial charge in [-0.25, -0.2) is 0 Å². The Bertz CT molecular complexity index is 1110. The van der Waals surface area contributed by atoms with Crippen LogP contribution in [0.4, 0.5) is 0 Å². The molecule has 0 fully saturated rings. The van der Waals surface area contributed by atoms with Crippen molar-refractivity contribution >= 4 is 21.5 Å². The van der Waals surface area contributed by atoms with Gasteiger partial charge >= 0.3 is 0 Å². The summed E-state index contributed by atoms with van der Waals surface area (Å²) in [7, 11) is 0. The second kappa shape index (κ2) is 4.92. The van der Waals surface area contributed by atoms with Crippen molar-refractivity contribution in [2.24, 2.45) is 0 Å². The fourth-order valence-electron chi connectivity index (χ4n) is 2.70. The van der Waals surface area contributed by atoms with Gasteiger partial charge in [0.2, 0.25) is 0 Å². The molecular weight excluding hydrogens is 272 g/mol. The molecule has 0 N–H and O–H groups in total. The van der Waals surface area contributed by atoms with Crippen molar-refractivity contribution in [1.29, 1.82) is 21.0 Å². The number of benzene rings is 3. The predicted octanol–water partition coefficient (Wildman–Crippen LogP) is 3.48. The van der Waals surface area contributed by atoms with Gasteiger partial charge in [0, 0.05) is 21.5 Å². The summed E-state index contributed by atoms with van der Waals surface area (Å²) in [5, 5.41) is 39.7. The highest BCUT2D eigenvalue weighted by atomic mass is 14.3. The quantitative estimate of drug-likeness (QED) is 0.588. The Balaban J connectivity index is 2.77. The van der Waals surface area contributed by atoms with Crippen LogP contribution in [0.1, 0.15) is 22.3 Å². The smallest absolute Gasteiger partial charge is 0.100 e. The van der Waals surface area contributed by atoms with Gasteiger partial charge in [-0.05, 0) is 12.1 Å². The Hall–Kier alpha value is -3.86. The minimum absolute atomic E-state index is 0.229. The number of nitriles is 4. The lowest BCUT2D eigenvalue weighted by molar-refractivity contribution is 1.46. The normalized spacial score (nSPS) is 9.64. The van der Waals surface area contributed by atoms with Gasteiger partial charge in [0.15, 0.2) is 0 Å². The molecular formula is C18H6N4. The predicted molar refractivity (Wildman–Crippen MR) is 80.3 cm³/mol. The third kappa shape index (κ3) is 1.66. The van der Waals surface area contributed by atoms with E-state index in [1.54, 1.807) is 30.3 Å². The first kappa shape index (κ1) is 13.1. The molecule has 0 bridgehead atoms. The molecule has 0 unspecified atom stereocenters. The van der Waals surface area contributed by atoms with Crippen molar-refractivity contribution in [1.82, 2.24) is 0 Å². The van der Waals surface area contributed by atoms with Crippen LogP contribution in [-0.2, 0) is 0 Å². The first-order valence-electron chi connectivity index (χ1n) is 6.38. The van der Waals surface area contributed by atoms with Gasteiger partial charge in [-0.2, -0.15) is 21.0 Å². The Morgan fingerprint density at radius 1 is 0.636 bits per heavy atom. The topological polar surface area (TPSA) is 95.2 Å². The van der Waals surface area contributed by atoms with Gasteiger partial charge < -0.3 is 0 Å². The molecule has 0 amide bonds. The van der Waals surface area contributed by atoms with Crippen molar-refractivity contribution in [3.05, 3.63) is 58.7 Å². The Morgan fingerprint density at radius 3 is 1.82 bits per heavy atom. The van der Waals surface area contributed by atoms with Crippen LogP contribution in [0.5, 0.6) is 0 Å². The van der Waals surface area contributed by atoms with E-state index in [-0.39, 0.29) is 5.56 Å². The largest absolute Gasteiger partial charge is 0.192 e. The van der Waals surface area contributed by atoms with E-state index in [1.807, 2.05) is 12.1 Å². The Kier molecular flexibility index (Phi) is 2.94. The van der Waals surface area contributed by atoms with Gasteiger partial charge in [0.1, 0.15) is 12.1 Å². The van der Waals surface area contributed by atoms with E-state index < -0.39 is 0 Å². The maximum absolute atomic E-state index is 9.54. The van der Waals surface area contributed by atoms with E-state index in [4.69, 9.17) is 5.26 Å². The van der Waals surface area contributed by atoms with Crippen LogP contribution in [0.15, 0.2) is 36.4 Å². The monoisotopic (exact) mass is 278 g/mol. The first-order valence-corrected chi connectivity index (χ1v) is 6.38. The summed E-state index contributed by atoms with van der Waals surface area (Å²) in [6.07, 6.45) is 0. The third-order valence-electron chi connectivity index (χ3n) is 3.60. The number of hydrogen-bond donors (Lipinski definition) is 0. The van der Waals surface area contributed by atoms with Crippen molar-refractivity contribution in [3.63, 3.8) is 0 Å². The number of rotatable bonds is 0. The fourth-order valence-corrected chi connectivity index (χ4v) is 2.70. The molecule has 0 spiro atoms. The third-order valence-corrected chi connectivity index (χ3v) is 3.60. The molecule has 3 aromatic carbocycles. The zero-order chi connectivity index (χ0) is 15.7. The molecule has 0 aliphatic heterocycles. The van der Waals surface area contributed by atoms with Crippen molar-refractivity contribution < 1.29 is 0 Å². The standard InChI is InChI=1S/C18H6N4/c19-7-11-5-12(8-20)18-15(6-11)16(9-21)13-3-1-2-4-14(13)17(18)10-22/h1-6H. The molecule has 4 nitrogen and oxygen atoms in total. The van der Waals surface area contributed by atoms with Crippen LogP contribution in [0.2, 0.25) is 0 Å². The van der Waals surface area contributed by atoms with E-state index in [9.17, 15) is 15.8 Å². The summed E-state index contributed by atoms with van der Waals surface area (Å²) in [4.78, 5) is 0. The molecule has 0 atom stereocenters. The first-order chi connectivity index (χ1) is 10.7. The van der Waals surface area contributed by atoms with Crippen LogP contribution in [-0.4, -0.2) is 0 Å². The molecule has 3 aromatic rings. The number of nitrogens with zero attached hydrogens (tertiary/aromatic N) is 4. The summed E-state index contributed by atoms with van der Waals surface area (Å²) in [5.41, 5.74) is 1.25. The van der Waals surface area contributed by atoms with Crippen LogP contribution < -0.4 is 0 Å². The molecule has 0 radical (unpaired) electrons. The second-order valence-corrected chi connectivity index (χ2v) is 4.69. The highest BCUT2D eigenvalue weighted by molar-refractivity contribution is 6.11. The summed E-state index contributed by atoms with van der Waals surface area (Å²) in [6.45, 7) is 0. The summed E-state index contributed by atoms with van der Waals surface area (Å²) in [5.74, 6) is 0. The summed E-state index contributed by atoms with van der Waals surface area (Å²) < 4.78 is 0. The van der Waals surface area contributed by atoms with E-state index in [0.29, 0.717) is 38.2 Å². The SMILES string of the molecule is N#Cc1cc(C#N)c2c(C#N)c3ccccc3c(C#N)c2c1. The fraction of sp³-hybridized carbons (Fsp3) is 0. The van der Waals surface area contributed by atoms with E-state index >= 15 is 0 Å². The molecule has 3 rings (SSSR count). The summed E-state index contributed by atoms with van der Waals surface area (Å²) in [6, 6.07) is 18.4. The van der Waals surface area contributed by atoms with Crippen molar-refractivity contribution in [2.45, 2.75) is 0 Å². The van der Waals surface area contributed by atoms with Gasteiger partial charge in [-0.1, -0.05) is 24.3 Å². The molecule has 0 heterocycles. The van der Waals surface area contributed by atoms with Crippen molar-refractivity contribution in [3.8, 4) is 24.3 Å². The molecule has 4 heteroatoms. The molecule has 0 saturated heterocycles. The molecule has 0 aliphatic rings. The van der Waals surface area contributed by atoms with Gasteiger partial charge in [-0.15, -0.1) is 0 Å². The average Bonchev–Trinajstić information content (AvgIpc) is 2.58. The maximum Gasteiger partial charge on any atom is 0.100 e. The molecule has 22 heavy (non-hydrogen) atoms. The minimum atomic E-state index is 0.229. The highest BCUT2D eigenvalue weighted by Crippen LogP contribution is 2.34. The van der Waals surface area contributed by atoms with Crippen LogP contribution >= 0.6 is 0 Å². The lowest BCUT2D eigenvalue weighted by atomic mass is 9.89. The maximum atomic E-state index is 9.54. The van der Waals surface area contributed by atoms with E-state index in [2.05, 4.69) is 12.1 Å². The molecule has 0 aliphatic carbocycles. The average molecular weight is 278 g/mol. The van der Waals surface area contributed by atoms with Crippen LogP contribution in [0, 0.1) is 45.3 Å². The Morgan fingerprint density at radius 2 is 1.27 bits per heavy atom. The van der Waals surface area contributed by atoms with Crippen molar-refractivity contribution in [2.75, 3.05) is 0 Å². The minimum Gasteiger partial charge on any atom is -0.192 e. The summed E-state index contributed by atoms with van der Waals surface area (Å²) >= 11 is 0. The molecule has 0 saturated carbocycles. The van der Waals surface area contributed by atoms with Crippen LogP contribution in [0.3, 0.4) is 0 Å². The van der Waals surface area contributed by atoms with Gasteiger partial charge in [-0.3, -0.25) is 0 Å². The van der Waals surface area contributed by atoms with Crippen LogP contribution in [0.25, 0.3) is 21.5 Å². The lowest BCUT2D eigenvalue weighted by Crippen LogP contribution is -1.94. The van der Waals surface area contributed by atoms with Gasteiger partial charge in [0.25, 0.3) is 0 Å².